The summed E-state index contributed by atoms with van der Waals surface area (Å²) in [4.78, 5) is 30.8. The van der Waals surface area contributed by atoms with Crippen LogP contribution in [0.3, 0.4) is 0 Å². The van der Waals surface area contributed by atoms with Crippen molar-refractivity contribution in [3.05, 3.63) is 71.7 Å². The molecular weight excluding hydrogens is 399 g/mol. The number of rotatable bonds is 4. The minimum Gasteiger partial charge on any atom is -0.348 e. The lowest BCUT2D eigenvalue weighted by atomic mass is 10.00. The van der Waals surface area contributed by atoms with E-state index in [0.29, 0.717) is 29.3 Å². The van der Waals surface area contributed by atoms with Gasteiger partial charge in [-0.25, -0.2) is 19.5 Å². The first-order chi connectivity index (χ1) is 15.2. The molecule has 1 amide bonds. The number of anilines is 1. The molecule has 5 heterocycles. The average molecular weight is 418 g/mol. The van der Waals surface area contributed by atoms with E-state index in [1.807, 2.05) is 17.0 Å². The molecule has 1 aliphatic heterocycles. The molecular formula is C21H19FN8O. The van der Waals surface area contributed by atoms with Gasteiger partial charge in [0.2, 0.25) is 5.95 Å². The van der Waals surface area contributed by atoms with Crippen LogP contribution in [0.25, 0.3) is 5.52 Å². The van der Waals surface area contributed by atoms with Gasteiger partial charge in [-0.1, -0.05) is 6.07 Å². The zero-order valence-electron chi connectivity index (χ0n) is 16.5. The Hall–Kier alpha value is -3.82. The number of carbonyl (C=O) groups excluding carboxylic acids is 1. The zero-order chi connectivity index (χ0) is 20.9. The number of fused-ring (bicyclic) bond motifs is 2. The Morgan fingerprint density at radius 2 is 2.10 bits per heavy atom. The van der Waals surface area contributed by atoms with Crippen LogP contribution in [-0.2, 0) is 6.42 Å². The molecule has 0 unspecified atom stereocenters. The van der Waals surface area contributed by atoms with Crippen LogP contribution in [0.2, 0.25) is 0 Å². The van der Waals surface area contributed by atoms with Crippen LogP contribution in [0, 0.1) is 5.95 Å². The van der Waals surface area contributed by atoms with E-state index in [9.17, 15) is 9.18 Å². The van der Waals surface area contributed by atoms with Crippen molar-refractivity contribution in [2.45, 2.75) is 31.3 Å². The topological polar surface area (TPSA) is 104 Å². The van der Waals surface area contributed by atoms with E-state index in [2.05, 4.69) is 30.4 Å². The summed E-state index contributed by atoms with van der Waals surface area (Å²) in [7, 11) is 0. The second-order valence-corrected chi connectivity index (χ2v) is 7.87. The van der Waals surface area contributed by atoms with Crippen LogP contribution >= 0.6 is 0 Å². The third-order valence-corrected chi connectivity index (χ3v) is 5.74. The smallest absolute Gasteiger partial charge is 0.271 e. The molecule has 156 valence electrons. The normalized spacial score (nSPS) is 18.2. The number of hydrogen-bond donors (Lipinski definition) is 2. The Kier molecular flexibility index (Phi) is 3.98. The number of imidazole rings is 1. The molecule has 4 aromatic rings. The van der Waals surface area contributed by atoms with Crippen molar-refractivity contribution in [2.75, 3.05) is 11.4 Å². The molecule has 0 spiro atoms. The first kappa shape index (κ1) is 18.0. The number of aromatic amines is 1. The van der Waals surface area contributed by atoms with Crippen LogP contribution in [-0.4, -0.2) is 48.0 Å². The molecule has 9 nitrogen and oxygen atoms in total. The molecule has 0 aromatic carbocycles. The van der Waals surface area contributed by atoms with Gasteiger partial charge in [-0.2, -0.15) is 9.49 Å². The maximum Gasteiger partial charge on any atom is 0.271 e. The summed E-state index contributed by atoms with van der Waals surface area (Å²) in [5.74, 6) is -0.0273. The van der Waals surface area contributed by atoms with E-state index in [-0.39, 0.29) is 18.0 Å². The summed E-state index contributed by atoms with van der Waals surface area (Å²) >= 11 is 0. The van der Waals surface area contributed by atoms with Gasteiger partial charge < -0.3 is 15.2 Å². The fraction of sp³-hybridized carbons (Fsp3) is 0.286. The molecule has 0 saturated heterocycles. The highest BCUT2D eigenvalue weighted by Gasteiger charge is 2.34. The molecule has 4 aromatic heterocycles. The fourth-order valence-electron chi connectivity index (χ4n) is 4.03. The fourth-order valence-corrected chi connectivity index (χ4v) is 4.03. The molecule has 2 N–H and O–H groups in total. The van der Waals surface area contributed by atoms with Gasteiger partial charge in [0.05, 0.1) is 35.6 Å². The Morgan fingerprint density at radius 1 is 1.19 bits per heavy atom. The van der Waals surface area contributed by atoms with Crippen molar-refractivity contribution < 1.29 is 9.18 Å². The lowest BCUT2D eigenvalue weighted by Gasteiger charge is -2.34. The Morgan fingerprint density at radius 3 is 2.87 bits per heavy atom. The van der Waals surface area contributed by atoms with E-state index in [4.69, 9.17) is 0 Å². The maximum atomic E-state index is 14.2. The first-order valence-electron chi connectivity index (χ1n) is 10.2. The molecule has 1 saturated carbocycles. The minimum absolute atomic E-state index is 0.206. The summed E-state index contributed by atoms with van der Waals surface area (Å²) in [6.07, 6.45) is 7.53. The summed E-state index contributed by atoms with van der Waals surface area (Å²) < 4.78 is 15.5. The highest BCUT2D eigenvalue weighted by Crippen LogP contribution is 2.35. The minimum atomic E-state index is -0.431. The number of nitrogens with zero attached hydrogens (tertiary/aromatic N) is 6. The van der Waals surface area contributed by atoms with Crippen LogP contribution < -0.4 is 10.2 Å². The zero-order valence-corrected chi connectivity index (χ0v) is 16.5. The van der Waals surface area contributed by atoms with Crippen LogP contribution in [0.5, 0.6) is 0 Å². The molecule has 1 aliphatic carbocycles. The van der Waals surface area contributed by atoms with Gasteiger partial charge in [0.15, 0.2) is 0 Å². The van der Waals surface area contributed by atoms with Gasteiger partial charge in [-0.15, -0.1) is 0 Å². The van der Waals surface area contributed by atoms with E-state index in [0.717, 1.165) is 30.7 Å². The molecule has 1 fully saturated rings. The first-order valence-corrected chi connectivity index (χ1v) is 10.2. The molecule has 6 rings (SSSR count). The number of nitrogens with one attached hydrogen (secondary N) is 2. The second-order valence-electron chi connectivity index (χ2n) is 7.87. The number of carbonyl (C=O) groups is 1. The van der Waals surface area contributed by atoms with Crippen molar-refractivity contribution in [3.63, 3.8) is 0 Å². The molecule has 0 radical (unpaired) electrons. The number of halogens is 1. The lowest BCUT2D eigenvalue weighted by Crippen LogP contribution is -2.37. The molecule has 1 atom stereocenters. The number of hydrogen-bond acceptors (Lipinski definition) is 6. The highest BCUT2D eigenvalue weighted by molar-refractivity contribution is 5.92. The number of pyridine rings is 1. The Balaban J connectivity index is 1.38. The highest BCUT2D eigenvalue weighted by atomic mass is 19.1. The summed E-state index contributed by atoms with van der Waals surface area (Å²) in [6, 6.07) is 6.61. The van der Waals surface area contributed by atoms with Gasteiger partial charge in [0.1, 0.15) is 17.6 Å². The van der Waals surface area contributed by atoms with Crippen molar-refractivity contribution in [2.24, 2.45) is 0 Å². The maximum absolute atomic E-state index is 14.2. The second kappa shape index (κ2) is 6.86. The van der Waals surface area contributed by atoms with E-state index >= 15 is 0 Å². The van der Waals surface area contributed by atoms with Crippen LogP contribution in [0.4, 0.5) is 10.2 Å². The van der Waals surface area contributed by atoms with Crippen molar-refractivity contribution >= 4 is 17.2 Å². The van der Waals surface area contributed by atoms with Gasteiger partial charge >= 0.3 is 0 Å². The van der Waals surface area contributed by atoms with Crippen LogP contribution in [0.15, 0.2) is 43.0 Å². The summed E-state index contributed by atoms with van der Waals surface area (Å²) in [5.41, 5.74) is 3.46. The van der Waals surface area contributed by atoms with E-state index in [1.54, 1.807) is 18.6 Å². The van der Waals surface area contributed by atoms with Crippen molar-refractivity contribution in [1.29, 1.82) is 0 Å². The Bertz CT molecular complexity index is 1280. The molecule has 31 heavy (non-hydrogen) atoms. The SMILES string of the molecule is O=C(NC1CC1)c1cnc(N2CCc3[nH]cnc3[C@H]2c2cc3cccc(F)n3n2)cn1. The standard InChI is InChI=1S/C21H19FN8O/c22-17-3-1-2-13-8-15(28-30(13)17)20-19-14(25-11-26-19)6-7-29(20)18-10-23-16(9-24-18)21(31)27-12-4-5-12/h1-3,8-12,20H,4-7H2,(H,25,26)(H,27,31)/t20-/m1/s1. The number of aromatic nitrogens is 6. The van der Waals surface area contributed by atoms with Gasteiger partial charge in [0.25, 0.3) is 5.91 Å². The average Bonchev–Trinajstić information content (AvgIpc) is 3.29. The third kappa shape index (κ3) is 3.11. The van der Waals surface area contributed by atoms with E-state index < -0.39 is 5.95 Å². The number of H-pyrrole nitrogens is 1. The van der Waals surface area contributed by atoms with Gasteiger partial charge in [0, 0.05) is 24.7 Å². The summed E-state index contributed by atoms with van der Waals surface area (Å²) in [5, 5.41) is 7.43. The lowest BCUT2D eigenvalue weighted by molar-refractivity contribution is 0.0945. The quantitative estimate of drug-likeness (QED) is 0.492. The molecule has 0 bridgehead atoms. The molecule has 2 aliphatic rings. The largest absolute Gasteiger partial charge is 0.348 e. The Labute approximate surface area is 176 Å². The monoisotopic (exact) mass is 418 g/mol. The summed E-state index contributed by atoms with van der Waals surface area (Å²) in [6.45, 7) is 0.651. The van der Waals surface area contributed by atoms with Crippen molar-refractivity contribution in [1.82, 2.24) is 34.9 Å². The third-order valence-electron chi connectivity index (χ3n) is 5.74. The van der Waals surface area contributed by atoms with E-state index in [1.165, 1.54) is 16.8 Å². The van der Waals surface area contributed by atoms with Gasteiger partial charge in [-0.05, 0) is 31.0 Å². The number of amides is 1. The molecule has 10 heteroatoms. The predicted molar refractivity (Wildman–Crippen MR) is 109 cm³/mol. The van der Waals surface area contributed by atoms with Gasteiger partial charge in [-0.3, -0.25) is 4.79 Å². The predicted octanol–water partition coefficient (Wildman–Crippen LogP) is 2.03. The van der Waals surface area contributed by atoms with Crippen LogP contribution in [0.1, 0.15) is 46.5 Å². The van der Waals surface area contributed by atoms with Crippen molar-refractivity contribution in [3.8, 4) is 0 Å².